The van der Waals surface area contributed by atoms with E-state index >= 15 is 0 Å². The SMILES string of the molecule is CCCN1C(=O)c2[nH]nc(-c3c(C)cc(C)cc3O)c2[C@H]1c1cccc(O)c1. The average molecular weight is 377 g/mol. The van der Waals surface area contributed by atoms with E-state index in [4.69, 9.17) is 0 Å². The second-order valence-electron chi connectivity index (χ2n) is 7.33. The van der Waals surface area contributed by atoms with Crippen LogP contribution in [-0.4, -0.2) is 37.8 Å². The molecule has 28 heavy (non-hydrogen) atoms. The van der Waals surface area contributed by atoms with Crippen LogP contribution in [0.15, 0.2) is 36.4 Å². The number of phenolic OH excluding ortho intramolecular Hbond substituents is 2. The number of amides is 1. The normalized spacial score (nSPS) is 15.9. The van der Waals surface area contributed by atoms with Gasteiger partial charge >= 0.3 is 0 Å². The molecule has 6 nitrogen and oxygen atoms in total. The van der Waals surface area contributed by atoms with Gasteiger partial charge in [0.25, 0.3) is 5.91 Å². The molecule has 0 radical (unpaired) electrons. The number of aromatic hydroxyl groups is 2. The lowest BCUT2D eigenvalue weighted by molar-refractivity contribution is 0.0743. The van der Waals surface area contributed by atoms with Crippen molar-refractivity contribution in [2.24, 2.45) is 0 Å². The molecular weight excluding hydrogens is 354 g/mol. The summed E-state index contributed by atoms with van der Waals surface area (Å²) in [4.78, 5) is 14.8. The Balaban J connectivity index is 1.96. The van der Waals surface area contributed by atoms with Crippen molar-refractivity contribution in [2.45, 2.75) is 33.2 Å². The molecule has 4 rings (SSSR count). The highest BCUT2D eigenvalue weighted by molar-refractivity contribution is 6.00. The molecule has 1 amide bonds. The van der Waals surface area contributed by atoms with E-state index in [1.807, 2.05) is 32.9 Å². The van der Waals surface area contributed by atoms with Gasteiger partial charge in [-0.1, -0.05) is 25.1 Å². The Kier molecular flexibility index (Phi) is 4.34. The van der Waals surface area contributed by atoms with Gasteiger partial charge in [0, 0.05) is 17.7 Å². The summed E-state index contributed by atoms with van der Waals surface area (Å²) in [5.74, 6) is 0.172. The Morgan fingerprint density at radius 3 is 2.64 bits per heavy atom. The first kappa shape index (κ1) is 18.1. The summed E-state index contributed by atoms with van der Waals surface area (Å²) in [5.41, 5.74) is 5.04. The van der Waals surface area contributed by atoms with E-state index in [1.54, 1.807) is 29.2 Å². The number of hydrogen-bond donors (Lipinski definition) is 3. The fraction of sp³-hybridized carbons (Fsp3) is 0.273. The van der Waals surface area contributed by atoms with E-state index in [0.29, 0.717) is 23.5 Å². The van der Waals surface area contributed by atoms with E-state index in [9.17, 15) is 15.0 Å². The van der Waals surface area contributed by atoms with Crippen LogP contribution in [0.4, 0.5) is 0 Å². The van der Waals surface area contributed by atoms with Crippen LogP contribution in [0.25, 0.3) is 11.3 Å². The van der Waals surface area contributed by atoms with Gasteiger partial charge in [-0.2, -0.15) is 5.10 Å². The van der Waals surface area contributed by atoms with Crippen molar-refractivity contribution in [1.29, 1.82) is 0 Å². The van der Waals surface area contributed by atoms with Crippen molar-refractivity contribution in [3.63, 3.8) is 0 Å². The number of H-pyrrole nitrogens is 1. The Morgan fingerprint density at radius 2 is 1.96 bits per heavy atom. The fourth-order valence-corrected chi connectivity index (χ4v) is 4.15. The van der Waals surface area contributed by atoms with Crippen molar-refractivity contribution in [3.05, 3.63) is 64.3 Å². The lowest BCUT2D eigenvalue weighted by Gasteiger charge is -2.26. The van der Waals surface area contributed by atoms with Gasteiger partial charge in [0.1, 0.15) is 22.9 Å². The quantitative estimate of drug-likeness (QED) is 0.640. The number of carbonyl (C=O) groups is 1. The van der Waals surface area contributed by atoms with Crippen LogP contribution >= 0.6 is 0 Å². The number of carbonyl (C=O) groups excluding carboxylic acids is 1. The Morgan fingerprint density at radius 1 is 1.18 bits per heavy atom. The third kappa shape index (κ3) is 2.72. The fourth-order valence-electron chi connectivity index (χ4n) is 4.15. The van der Waals surface area contributed by atoms with Crippen molar-refractivity contribution in [2.75, 3.05) is 6.54 Å². The molecule has 3 N–H and O–H groups in total. The molecule has 3 aromatic rings. The highest BCUT2D eigenvalue weighted by Crippen LogP contribution is 2.45. The van der Waals surface area contributed by atoms with E-state index < -0.39 is 0 Å². The average Bonchev–Trinajstić information content (AvgIpc) is 3.15. The number of benzene rings is 2. The summed E-state index contributed by atoms with van der Waals surface area (Å²) in [6.45, 7) is 6.45. The molecule has 2 heterocycles. The van der Waals surface area contributed by atoms with E-state index in [2.05, 4.69) is 10.2 Å². The molecule has 1 aromatic heterocycles. The summed E-state index contributed by atoms with van der Waals surface area (Å²) in [7, 11) is 0. The van der Waals surface area contributed by atoms with Gasteiger partial charge in [0.15, 0.2) is 0 Å². The predicted octanol–water partition coefficient (Wildman–Crippen LogP) is 4.06. The maximum absolute atomic E-state index is 13.1. The third-order valence-electron chi connectivity index (χ3n) is 5.21. The first-order valence-electron chi connectivity index (χ1n) is 9.41. The number of aromatic nitrogens is 2. The first-order chi connectivity index (χ1) is 13.4. The minimum Gasteiger partial charge on any atom is -0.508 e. The number of nitrogens with zero attached hydrogens (tertiary/aromatic N) is 2. The zero-order valence-corrected chi connectivity index (χ0v) is 16.2. The number of aryl methyl sites for hydroxylation is 2. The van der Waals surface area contributed by atoms with Crippen LogP contribution in [0.2, 0.25) is 0 Å². The van der Waals surface area contributed by atoms with Crippen LogP contribution in [0.5, 0.6) is 11.5 Å². The minimum absolute atomic E-state index is 0.117. The largest absolute Gasteiger partial charge is 0.508 e. The summed E-state index contributed by atoms with van der Waals surface area (Å²) in [6.07, 6.45) is 0.808. The molecule has 0 aliphatic carbocycles. The predicted molar refractivity (Wildman–Crippen MR) is 106 cm³/mol. The number of nitrogens with one attached hydrogen (secondary N) is 1. The second kappa shape index (κ2) is 6.71. The smallest absolute Gasteiger partial charge is 0.273 e. The third-order valence-corrected chi connectivity index (χ3v) is 5.21. The summed E-state index contributed by atoms with van der Waals surface area (Å²) < 4.78 is 0. The van der Waals surface area contributed by atoms with E-state index in [0.717, 1.165) is 28.7 Å². The maximum atomic E-state index is 13.1. The van der Waals surface area contributed by atoms with Gasteiger partial charge < -0.3 is 15.1 Å². The number of rotatable bonds is 4. The van der Waals surface area contributed by atoms with Crippen LogP contribution in [-0.2, 0) is 0 Å². The zero-order valence-electron chi connectivity index (χ0n) is 16.2. The van der Waals surface area contributed by atoms with Crippen molar-refractivity contribution in [3.8, 4) is 22.8 Å². The minimum atomic E-state index is -0.372. The van der Waals surface area contributed by atoms with Gasteiger partial charge in [-0.15, -0.1) is 0 Å². The topological polar surface area (TPSA) is 89.5 Å². The molecule has 0 saturated heterocycles. The van der Waals surface area contributed by atoms with Crippen molar-refractivity contribution >= 4 is 5.91 Å². The molecule has 0 fully saturated rings. The van der Waals surface area contributed by atoms with Crippen LogP contribution in [0.3, 0.4) is 0 Å². The van der Waals surface area contributed by atoms with Gasteiger partial charge in [-0.25, -0.2) is 0 Å². The number of hydrogen-bond acceptors (Lipinski definition) is 4. The Bertz CT molecular complexity index is 1050. The molecule has 1 atom stereocenters. The van der Waals surface area contributed by atoms with Crippen LogP contribution < -0.4 is 0 Å². The Labute approximate surface area is 163 Å². The molecule has 1 aliphatic rings. The molecule has 0 spiro atoms. The lowest BCUT2D eigenvalue weighted by atomic mass is 9.93. The summed E-state index contributed by atoms with van der Waals surface area (Å²) in [5, 5.41) is 27.9. The molecule has 2 aromatic carbocycles. The second-order valence-corrected chi connectivity index (χ2v) is 7.33. The van der Waals surface area contributed by atoms with E-state index in [1.165, 1.54) is 0 Å². The van der Waals surface area contributed by atoms with Crippen LogP contribution in [0.1, 0.15) is 52.1 Å². The van der Waals surface area contributed by atoms with Gasteiger partial charge in [0.2, 0.25) is 0 Å². The first-order valence-corrected chi connectivity index (χ1v) is 9.41. The zero-order chi connectivity index (χ0) is 20.0. The van der Waals surface area contributed by atoms with Crippen molar-refractivity contribution in [1.82, 2.24) is 15.1 Å². The number of fused-ring (bicyclic) bond motifs is 1. The van der Waals surface area contributed by atoms with Gasteiger partial charge in [-0.05, 0) is 55.2 Å². The van der Waals surface area contributed by atoms with Gasteiger partial charge in [-0.3, -0.25) is 9.89 Å². The molecule has 6 heteroatoms. The van der Waals surface area contributed by atoms with Crippen molar-refractivity contribution < 1.29 is 15.0 Å². The van der Waals surface area contributed by atoms with Gasteiger partial charge in [0.05, 0.1) is 6.04 Å². The molecule has 1 aliphatic heterocycles. The molecule has 0 bridgehead atoms. The lowest BCUT2D eigenvalue weighted by Crippen LogP contribution is -2.30. The summed E-state index contributed by atoms with van der Waals surface area (Å²) >= 11 is 0. The van der Waals surface area contributed by atoms with Crippen LogP contribution in [0, 0.1) is 13.8 Å². The number of phenols is 2. The molecule has 144 valence electrons. The highest BCUT2D eigenvalue weighted by atomic mass is 16.3. The number of aromatic amines is 1. The molecule has 0 unspecified atom stereocenters. The monoisotopic (exact) mass is 377 g/mol. The maximum Gasteiger partial charge on any atom is 0.273 e. The molecular formula is C22H23N3O3. The standard InChI is InChI=1S/C22H23N3O3/c1-4-8-25-21(14-6-5-7-15(26)11-14)18-19(23-24-20(18)22(25)28)17-13(3)9-12(2)10-16(17)27/h5-7,9-11,21,26-27H,4,8H2,1-3H3,(H,23,24)/t21-/m1/s1. The highest BCUT2D eigenvalue weighted by Gasteiger charge is 2.42. The van der Waals surface area contributed by atoms with E-state index in [-0.39, 0.29) is 23.4 Å². The Hall–Kier alpha value is -3.28. The molecule has 0 saturated carbocycles. The summed E-state index contributed by atoms with van der Waals surface area (Å²) in [6, 6.07) is 10.3.